The number of aryl methyl sites for hydroxylation is 1. The van der Waals surface area contributed by atoms with Gasteiger partial charge in [0.2, 0.25) is 5.82 Å². The van der Waals surface area contributed by atoms with Crippen molar-refractivity contribution in [3.8, 4) is 34.0 Å². The highest BCUT2D eigenvalue weighted by Crippen LogP contribution is 2.31. The van der Waals surface area contributed by atoms with E-state index >= 15 is 0 Å². The van der Waals surface area contributed by atoms with Gasteiger partial charge in [-0.15, -0.1) is 0 Å². The Hall–Kier alpha value is -4.10. The summed E-state index contributed by atoms with van der Waals surface area (Å²) in [5.74, 6) is -0.0613. The van der Waals surface area contributed by atoms with E-state index in [1.807, 2.05) is 54.6 Å². The van der Waals surface area contributed by atoms with Crippen molar-refractivity contribution >= 4 is 11.8 Å². The molecular weight excluding hydrogens is 456 g/mol. The molecule has 184 valence electrons. The summed E-state index contributed by atoms with van der Waals surface area (Å²) in [7, 11) is 1.67. The van der Waals surface area contributed by atoms with Gasteiger partial charge in [-0.1, -0.05) is 53.7 Å². The zero-order valence-corrected chi connectivity index (χ0v) is 20.4. The van der Waals surface area contributed by atoms with E-state index in [0.29, 0.717) is 24.7 Å². The summed E-state index contributed by atoms with van der Waals surface area (Å²) in [6.07, 6.45) is 0.815. The van der Waals surface area contributed by atoms with Gasteiger partial charge in [0.15, 0.2) is 0 Å². The molecule has 0 spiro atoms. The van der Waals surface area contributed by atoms with Crippen LogP contribution in [-0.4, -0.2) is 34.1 Å². The molecule has 4 rings (SSSR count). The van der Waals surface area contributed by atoms with E-state index in [1.54, 1.807) is 7.11 Å². The zero-order chi connectivity index (χ0) is 25.5. The van der Waals surface area contributed by atoms with Gasteiger partial charge in [0.1, 0.15) is 5.78 Å². The van der Waals surface area contributed by atoms with Crippen LogP contribution in [0.1, 0.15) is 36.0 Å². The van der Waals surface area contributed by atoms with Crippen molar-refractivity contribution in [2.75, 3.05) is 7.11 Å². The van der Waals surface area contributed by atoms with E-state index in [9.17, 15) is 9.59 Å². The number of Topliss-reactive ketones (excluding diaryl/α,β-unsaturated/α-hetero) is 1. The Morgan fingerprint density at radius 1 is 0.944 bits per heavy atom. The Bertz CT molecular complexity index is 1380. The first kappa shape index (κ1) is 25.0. The summed E-state index contributed by atoms with van der Waals surface area (Å²) >= 11 is 0. The average molecular weight is 485 g/mol. The number of methoxy groups -OCH3 is 1. The maximum atomic E-state index is 12.2. The predicted octanol–water partition coefficient (Wildman–Crippen LogP) is 5.89. The smallest absolute Gasteiger partial charge is 0.303 e. The second-order valence-corrected chi connectivity index (χ2v) is 8.71. The predicted molar refractivity (Wildman–Crippen MR) is 136 cm³/mol. The van der Waals surface area contributed by atoms with E-state index < -0.39 is 5.97 Å². The first-order valence-electron chi connectivity index (χ1n) is 11.8. The summed E-state index contributed by atoms with van der Waals surface area (Å²) in [4.78, 5) is 27.5. The second kappa shape index (κ2) is 11.6. The number of carbonyl (C=O) groups excluding carboxylic acids is 1. The molecule has 1 aromatic heterocycles. The van der Waals surface area contributed by atoms with Crippen molar-refractivity contribution in [3.63, 3.8) is 0 Å². The lowest BCUT2D eigenvalue weighted by Gasteiger charge is -2.12. The molecule has 3 aromatic carbocycles. The third-order valence-electron chi connectivity index (χ3n) is 5.95. The first-order chi connectivity index (χ1) is 17.4. The number of benzene rings is 3. The molecule has 0 saturated heterocycles. The number of ether oxygens (including phenoxy) is 1. The monoisotopic (exact) mass is 484 g/mol. The molecule has 0 radical (unpaired) electrons. The Kier molecular flexibility index (Phi) is 8.02. The number of carboxylic acid groups (broad SMARTS) is 1. The first-order valence-corrected chi connectivity index (χ1v) is 11.8. The minimum Gasteiger partial charge on any atom is -0.481 e. The van der Waals surface area contributed by atoms with E-state index in [4.69, 9.17) is 14.4 Å². The van der Waals surface area contributed by atoms with Crippen molar-refractivity contribution in [1.82, 2.24) is 10.1 Å². The quantitative estimate of drug-likeness (QED) is 0.283. The van der Waals surface area contributed by atoms with E-state index in [2.05, 4.69) is 29.2 Å². The summed E-state index contributed by atoms with van der Waals surface area (Å²) in [6.45, 7) is 2.53. The number of carbonyl (C=O) groups is 2. The van der Waals surface area contributed by atoms with Crippen LogP contribution < -0.4 is 0 Å². The number of rotatable bonds is 11. The molecule has 1 N–H and O–H groups in total. The minimum absolute atomic E-state index is 0.00150. The number of ketones is 1. The van der Waals surface area contributed by atoms with Crippen LogP contribution in [0.3, 0.4) is 0 Å². The molecule has 36 heavy (non-hydrogen) atoms. The number of hydrogen-bond acceptors (Lipinski definition) is 6. The molecule has 0 atom stereocenters. The fraction of sp³-hybridized carbons (Fsp3) is 0.241. The van der Waals surface area contributed by atoms with Gasteiger partial charge in [-0.2, -0.15) is 4.98 Å². The third-order valence-corrected chi connectivity index (χ3v) is 5.95. The van der Waals surface area contributed by atoms with Crippen molar-refractivity contribution in [1.29, 1.82) is 0 Å². The summed E-state index contributed by atoms with van der Waals surface area (Å²) in [5.41, 5.74) is 6.81. The average Bonchev–Trinajstić information content (AvgIpc) is 3.35. The lowest BCUT2D eigenvalue weighted by molar-refractivity contribution is -0.137. The topological polar surface area (TPSA) is 103 Å². The summed E-state index contributed by atoms with van der Waals surface area (Å²) in [6, 6.07) is 21.7. The molecule has 0 aliphatic carbocycles. The van der Waals surface area contributed by atoms with Gasteiger partial charge in [0, 0.05) is 37.5 Å². The zero-order valence-electron chi connectivity index (χ0n) is 20.4. The Labute approximate surface area is 209 Å². The fourth-order valence-corrected chi connectivity index (χ4v) is 4.17. The summed E-state index contributed by atoms with van der Waals surface area (Å²) in [5, 5.41) is 12.9. The highest BCUT2D eigenvalue weighted by Gasteiger charge is 2.15. The molecule has 0 aliphatic rings. The van der Waals surface area contributed by atoms with Crippen LogP contribution in [-0.2, 0) is 27.4 Å². The maximum Gasteiger partial charge on any atom is 0.303 e. The molecule has 7 heteroatoms. The number of aliphatic carboxylic acids is 1. The number of aromatic nitrogens is 2. The Morgan fingerprint density at radius 2 is 1.78 bits per heavy atom. The fourth-order valence-electron chi connectivity index (χ4n) is 4.17. The van der Waals surface area contributed by atoms with Crippen LogP contribution in [0, 0.1) is 6.92 Å². The molecule has 0 aliphatic heterocycles. The van der Waals surface area contributed by atoms with Crippen molar-refractivity contribution in [3.05, 3.63) is 83.4 Å². The lowest BCUT2D eigenvalue weighted by Crippen LogP contribution is -2.04. The van der Waals surface area contributed by atoms with Gasteiger partial charge in [-0.05, 0) is 59.4 Å². The van der Waals surface area contributed by atoms with Crippen LogP contribution in [0.25, 0.3) is 34.0 Å². The van der Waals surface area contributed by atoms with Crippen LogP contribution >= 0.6 is 0 Å². The highest BCUT2D eigenvalue weighted by atomic mass is 16.5. The largest absolute Gasteiger partial charge is 0.481 e. The molecular formula is C29H28N2O5. The Morgan fingerprint density at radius 3 is 2.56 bits per heavy atom. The van der Waals surface area contributed by atoms with E-state index in [0.717, 1.165) is 33.4 Å². The van der Waals surface area contributed by atoms with Crippen LogP contribution in [0.2, 0.25) is 0 Å². The van der Waals surface area contributed by atoms with Gasteiger partial charge < -0.3 is 14.4 Å². The molecule has 4 aromatic rings. The van der Waals surface area contributed by atoms with Crippen LogP contribution in [0.5, 0.6) is 0 Å². The number of nitrogens with zero attached hydrogens (tertiary/aromatic N) is 2. The maximum absolute atomic E-state index is 12.2. The number of carboxylic acids is 1. The van der Waals surface area contributed by atoms with Crippen LogP contribution in [0.15, 0.2) is 71.3 Å². The molecule has 1 heterocycles. The van der Waals surface area contributed by atoms with Gasteiger partial charge in [0.25, 0.3) is 5.89 Å². The lowest BCUT2D eigenvalue weighted by atomic mass is 9.94. The van der Waals surface area contributed by atoms with Crippen LogP contribution in [0.4, 0.5) is 0 Å². The van der Waals surface area contributed by atoms with Crippen molar-refractivity contribution < 1.29 is 24.0 Å². The molecule has 0 saturated carbocycles. The molecule has 0 amide bonds. The van der Waals surface area contributed by atoms with Gasteiger partial charge in [-0.3, -0.25) is 9.59 Å². The van der Waals surface area contributed by atoms with E-state index in [-0.39, 0.29) is 25.0 Å². The second-order valence-electron chi connectivity index (χ2n) is 8.71. The third kappa shape index (κ3) is 6.12. The van der Waals surface area contributed by atoms with Crippen molar-refractivity contribution in [2.24, 2.45) is 0 Å². The van der Waals surface area contributed by atoms with Gasteiger partial charge in [0.05, 0.1) is 6.61 Å². The molecule has 0 unspecified atom stereocenters. The Balaban J connectivity index is 1.54. The SMILES string of the molecule is COCc1cc(-c2nc(-c3cccc(CC(=O)CCCC(=O)O)c3)no2)ccc1-c1ccccc1C. The minimum atomic E-state index is -0.892. The normalized spacial score (nSPS) is 10.9. The highest BCUT2D eigenvalue weighted by molar-refractivity contribution is 5.81. The molecule has 7 nitrogen and oxygen atoms in total. The standard InChI is InChI=1S/C29H28N2O5/c1-19-7-3-4-11-25(19)26-14-13-22(17-23(26)18-35-2)29-30-28(31-36-29)21-9-5-8-20(15-21)16-24(32)10-6-12-27(33)34/h3-5,7-9,11,13-15,17H,6,10,12,16,18H2,1-2H3,(H,33,34). The number of hydrogen-bond donors (Lipinski definition) is 1. The van der Waals surface area contributed by atoms with Gasteiger partial charge in [-0.25, -0.2) is 0 Å². The van der Waals surface area contributed by atoms with Crippen molar-refractivity contribution in [2.45, 2.75) is 39.2 Å². The summed E-state index contributed by atoms with van der Waals surface area (Å²) < 4.78 is 11.0. The van der Waals surface area contributed by atoms with E-state index in [1.165, 1.54) is 5.56 Å². The molecule has 0 bridgehead atoms. The van der Waals surface area contributed by atoms with Gasteiger partial charge >= 0.3 is 5.97 Å². The molecule has 0 fully saturated rings.